The average molecular weight is 338 g/mol. The van der Waals surface area contributed by atoms with Crippen LogP contribution in [0.25, 0.3) is 0 Å². The lowest BCUT2D eigenvalue weighted by Gasteiger charge is -2.19. The molecule has 130 valence electrons. The number of likely N-dealkylation sites (tertiary alicyclic amines) is 1. The highest BCUT2D eigenvalue weighted by Crippen LogP contribution is 2.18. The van der Waals surface area contributed by atoms with E-state index in [2.05, 4.69) is 10.3 Å². The monoisotopic (exact) mass is 338 g/mol. The SMILES string of the molecule is CN(C)c1ncccc1C(=O)NC1CC(=O)N(Cc2ccccc2)C1. The van der Waals surface area contributed by atoms with Crippen LogP contribution in [0.2, 0.25) is 0 Å². The van der Waals surface area contributed by atoms with Crippen molar-refractivity contribution in [1.82, 2.24) is 15.2 Å². The summed E-state index contributed by atoms with van der Waals surface area (Å²) >= 11 is 0. The fourth-order valence-corrected chi connectivity index (χ4v) is 3.02. The molecule has 1 fully saturated rings. The van der Waals surface area contributed by atoms with Gasteiger partial charge < -0.3 is 15.1 Å². The summed E-state index contributed by atoms with van der Waals surface area (Å²) in [6.45, 7) is 1.10. The van der Waals surface area contributed by atoms with Gasteiger partial charge in [-0.3, -0.25) is 9.59 Å². The molecular weight excluding hydrogens is 316 g/mol. The number of hydrogen-bond acceptors (Lipinski definition) is 4. The molecule has 2 amide bonds. The highest BCUT2D eigenvalue weighted by Gasteiger charge is 2.31. The van der Waals surface area contributed by atoms with Gasteiger partial charge in [-0.25, -0.2) is 4.98 Å². The smallest absolute Gasteiger partial charge is 0.255 e. The van der Waals surface area contributed by atoms with E-state index in [4.69, 9.17) is 0 Å². The lowest BCUT2D eigenvalue weighted by molar-refractivity contribution is -0.128. The number of aromatic nitrogens is 1. The van der Waals surface area contributed by atoms with Gasteiger partial charge in [-0.05, 0) is 17.7 Å². The van der Waals surface area contributed by atoms with Crippen molar-refractivity contribution in [2.24, 2.45) is 0 Å². The Morgan fingerprint density at radius 1 is 1.24 bits per heavy atom. The Morgan fingerprint density at radius 2 is 2.00 bits per heavy atom. The van der Waals surface area contributed by atoms with Crippen LogP contribution in [0.1, 0.15) is 22.3 Å². The van der Waals surface area contributed by atoms with Crippen LogP contribution in [0.4, 0.5) is 5.82 Å². The van der Waals surface area contributed by atoms with Gasteiger partial charge in [0.1, 0.15) is 5.82 Å². The van der Waals surface area contributed by atoms with E-state index in [1.807, 2.05) is 44.4 Å². The first kappa shape index (κ1) is 17.0. The van der Waals surface area contributed by atoms with E-state index >= 15 is 0 Å². The van der Waals surface area contributed by atoms with E-state index in [0.717, 1.165) is 5.56 Å². The lowest BCUT2D eigenvalue weighted by atomic mass is 10.2. The first-order chi connectivity index (χ1) is 12.0. The number of rotatable bonds is 5. The van der Waals surface area contributed by atoms with E-state index in [-0.39, 0.29) is 17.9 Å². The number of anilines is 1. The molecule has 25 heavy (non-hydrogen) atoms. The summed E-state index contributed by atoms with van der Waals surface area (Å²) < 4.78 is 0. The second-order valence-electron chi connectivity index (χ2n) is 6.40. The fourth-order valence-electron chi connectivity index (χ4n) is 3.02. The van der Waals surface area contributed by atoms with Crippen LogP contribution in [0.15, 0.2) is 48.7 Å². The van der Waals surface area contributed by atoms with Gasteiger partial charge >= 0.3 is 0 Å². The van der Waals surface area contributed by atoms with Gasteiger partial charge in [-0.2, -0.15) is 0 Å². The van der Waals surface area contributed by atoms with Crippen LogP contribution >= 0.6 is 0 Å². The summed E-state index contributed by atoms with van der Waals surface area (Å²) in [5, 5.41) is 2.97. The molecule has 6 nitrogen and oxygen atoms in total. The standard InChI is InChI=1S/C19H22N4O2/c1-22(2)18-16(9-6-10-20-18)19(25)21-15-11-17(24)23(13-15)12-14-7-4-3-5-8-14/h3-10,15H,11-13H2,1-2H3,(H,21,25). The minimum Gasteiger partial charge on any atom is -0.362 e. The number of nitrogens with zero attached hydrogens (tertiary/aromatic N) is 3. The summed E-state index contributed by atoms with van der Waals surface area (Å²) in [6.07, 6.45) is 1.99. The van der Waals surface area contributed by atoms with Gasteiger partial charge in [0.25, 0.3) is 5.91 Å². The zero-order valence-electron chi connectivity index (χ0n) is 14.5. The molecule has 6 heteroatoms. The minimum absolute atomic E-state index is 0.0631. The second-order valence-corrected chi connectivity index (χ2v) is 6.40. The van der Waals surface area contributed by atoms with E-state index in [0.29, 0.717) is 30.9 Å². The summed E-state index contributed by atoms with van der Waals surface area (Å²) in [7, 11) is 3.69. The molecule has 1 unspecified atom stereocenters. The Kier molecular flexibility index (Phi) is 4.97. The van der Waals surface area contributed by atoms with Crippen molar-refractivity contribution in [2.45, 2.75) is 19.0 Å². The maximum Gasteiger partial charge on any atom is 0.255 e. The van der Waals surface area contributed by atoms with Gasteiger partial charge in [-0.15, -0.1) is 0 Å². The average Bonchev–Trinajstić information content (AvgIpc) is 2.94. The molecule has 0 saturated carbocycles. The number of nitrogens with one attached hydrogen (secondary N) is 1. The summed E-state index contributed by atoms with van der Waals surface area (Å²) in [4.78, 5) is 32.7. The van der Waals surface area contributed by atoms with E-state index in [1.165, 1.54) is 0 Å². The molecule has 0 radical (unpaired) electrons. The lowest BCUT2D eigenvalue weighted by Crippen LogP contribution is -2.37. The molecule has 1 aromatic heterocycles. The van der Waals surface area contributed by atoms with E-state index < -0.39 is 0 Å². The molecule has 1 aliphatic rings. The number of pyridine rings is 1. The Labute approximate surface area is 147 Å². The van der Waals surface area contributed by atoms with Crippen molar-refractivity contribution in [3.63, 3.8) is 0 Å². The molecule has 2 aromatic rings. The Morgan fingerprint density at radius 3 is 2.72 bits per heavy atom. The zero-order valence-corrected chi connectivity index (χ0v) is 14.5. The minimum atomic E-state index is -0.198. The quantitative estimate of drug-likeness (QED) is 0.901. The first-order valence-corrected chi connectivity index (χ1v) is 8.29. The van der Waals surface area contributed by atoms with Crippen LogP contribution < -0.4 is 10.2 Å². The Balaban J connectivity index is 1.64. The van der Waals surface area contributed by atoms with Gasteiger partial charge in [0.05, 0.1) is 11.6 Å². The topological polar surface area (TPSA) is 65.5 Å². The molecule has 3 rings (SSSR count). The van der Waals surface area contributed by atoms with Crippen LogP contribution in [0.3, 0.4) is 0 Å². The third kappa shape index (κ3) is 3.96. The molecular formula is C19H22N4O2. The predicted octanol–water partition coefficient (Wildman–Crippen LogP) is 1.68. The van der Waals surface area contributed by atoms with Crippen LogP contribution in [0.5, 0.6) is 0 Å². The molecule has 2 heterocycles. The number of carbonyl (C=O) groups excluding carboxylic acids is 2. The largest absolute Gasteiger partial charge is 0.362 e. The van der Waals surface area contributed by atoms with Crippen molar-refractivity contribution in [3.05, 3.63) is 59.8 Å². The Hall–Kier alpha value is -2.89. The maximum atomic E-state index is 12.6. The molecule has 0 aliphatic carbocycles. The molecule has 0 bridgehead atoms. The molecule has 1 aromatic carbocycles. The van der Waals surface area contributed by atoms with Gasteiger partial charge in [0.2, 0.25) is 5.91 Å². The molecule has 0 spiro atoms. The highest BCUT2D eigenvalue weighted by atomic mass is 16.2. The van der Waals surface area contributed by atoms with Crippen molar-refractivity contribution >= 4 is 17.6 Å². The summed E-state index contributed by atoms with van der Waals surface area (Å²) in [6, 6.07) is 13.2. The van der Waals surface area contributed by atoms with Crippen LogP contribution in [-0.4, -0.2) is 48.4 Å². The number of amides is 2. The maximum absolute atomic E-state index is 12.6. The fraction of sp³-hybridized carbons (Fsp3) is 0.316. The first-order valence-electron chi connectivity index (χ1n) is 8.29. The van der Waals surface area contributed by atoms with Crippen molar-refractivity contribution < 1.29 is 9.59 Å². The van der Waals surface area contributed by atoms with Crippen molar-refractivity contribution in [1.29, 1.82) is 0 Å². The van der Waals surface area contributed by atoms with E-state index in [1.54, 1.807) is 28.1 Å². The van der Waals surface area contributed by atoms with Crippen LogP contribution in [-0.2, 0) is 11.3 Å². The number of hydrogen-bond donors (Lipinski definition) is 1. The highest BCUT2D eigenvalue weighted by molar-refractivity contribution is 5.99. The Bertz CT molecular complexity index is 761. The predicted molar refractivity (Wildman–Crippen MR) is 96.3 cm³/mol. The van der Waals surface area contributed by atoms with Crippen molar-refractivity contribution in [3.8, 4) is 0 Å². The molecule has 1 N–H and O–H groups in total. The third-order valence-corrected chi connectivity index (χ3v) is 4.22. The third-order valence-electron chi connectivity index (χ3n) is 4.22. The molecule has 1 atom stereocenters. The molecule has 1 saturated heterocycles. The zero-order chi connectivity index (χ0) is 17.8. The van der Waals surface area contributed by atoms with Crippen molar-refractivity contribution in [2.75, 3.05) is 25.5 Å². The van der Waals surface area contributed by atoms with Gasteiger partial charge in [0, 0.05) is 39.8 Å². The van der Waals surface area contributed by atoms with Gasteiger partial charge in [0.15, 0.2) is 0 Å². The molecule has 1 aliphatic heterocycles. The number of carbonyl (C=O) groups is 2. The second kappa shape index (κ2) is 7.34. The summed E-state index contributed by atoms with van der Waals surface area (Å²) in [5.74, 6) is 0.481. The number of benzene rings is 1. The normalized spacial score (nSPS) is 16.8. The van der Waals surface area contributed by atoms with Gasteiger partial charge in [-0.1, -0.05) is 30.3 Å². The van der Waals surface area contributed by atoms with Crippen LogP contribution in [0, 0.1) is 0 Å². The summed E-state index contributed by atoms with van der Waals surface area (Å²) in [5.41, 5.74) is 1.60. The van der Waals surface area contributed by atoms with E-state index in [9.17, 15) is 9.59 Å².